The number of nitrogens with zero attached hydrogens (tertiary/aromatic N) is 2. The molecule has 2 heterocycles. The molecule has 0 aliphatic carbocycles. The first-order valence-corrected chi connectivity index (χ1v) is 7.29. The maximum Gasteiger partial charge on any atom is 0.227 e. The number of amides is 2. The molecule has 2 rings (SSSR count). The van der Waals surface area contributed by atoms with E-state index in [0.29, 0.717) is 32.1 Å². The van der Waals surface area contributed by atoms with E-state index in [-0.39, 0.29) is 23.7 Å². The highest BCUT2D eigenvalue weighted by Crippen LogP contribution is 2.19. The monoisotopic (exact) mass is 267 g/mol. The third kappa shape index (κ3) is 3.08. The van der Waals surface area contributed by atoms with Gasteiger partial charge in [-0.3, -0.25) is 9.59 Å². The first kappa shape index (κ1) is 14.3. The summed E-state index contributed by atoms with van der Waals surface area (Å²) < 4.78 is 0. The van der Waals surface area contributed by atoms with E-state index in [1.807, 2.05) is 23.6 Å². The molecular formula is C14H25N3O2. The van der Waals surface area contributed by atoms with Gasteiger partial charge >= 0.3 is 0 Å². The lowest BCUT2D eigenvalue weighted by Gasteiger charge is -2.37. The average Bonchev–Trinajstić information content (AvgIpc) is 2.83. The van der Waals surface area contributed by atoms with Gasteiger partial charge in [0.2, 0.25) is 11.8 Å². The standard InChI is InChI=1S/C14H25N3O2/c1-10(2)13(18)16-4-6-17(7-5-16)14(19)12-9-15-8-11(12)3/h10-12,15H,4-9H2,1-3H3. The highest BCUT2D eigenvalue weighted by Gasteiger charge is 2.34. The summed E-state index contributed by atoms with van der Waals surface area (Å²) in [6.07, 6.45) is 0. The van der Waals surface area contributed by atoms with Crippen LogP contribution < -0.4 is 5.32 Å². The SMILES string of the molecule is CC(C)C(=O)N1CCN(C(=O)C2CNCC2C)CC1. The van der Waals surface area contributed by atoms with Gasteiger partial charge in [0.05, 0.1) is 5.92 Å². The molecule has 2 unspecified atom stereocenters. The Kier molecular flexibility index (Phi) is 4.45. The van der Waals surface area contributed by atoms with Crippen LogP contribution in [0, 0.1) is 17.8 Å². The van der Waals surface area contributed by atoms with Gasteiger partial charge < -0.3 is 15.1 Å². The topological polar surface area (TPSA) is 52.7 Å². The summed E-state index contributed by atoms with van der Waals surface area (Å²) in [7, 11) is 0. The van der Waals surface area contributed by atoms with Crippen molar-refractivity contribution in [3.63, 3.8) is 0 Å². The van der Waals surface area contributed by atoms with Crippen LogP contribution in [0.25, 0.3) is 0 Å². The molecular weight excluding hydrogens is 242 g/mol. The van der Waals surface area contributed by atoms with E-state index in [1.54, 1.807) is 0 Å². The zero-order chi connectivity index (χ0) is 14.0. The molecule has 5 heteroatoms. The van der Waals surface area contributed by atoms with Crippen LogP contribution in [0.2, 0.25) is 0 Å². The quantitative estimate of drug-likeness (QED) is 0.776. The van der Waals surface area contributed by atoms with Gasteiger partial charge in [-0.05, 0) is 12.5 Å². The first-order chi connectivity index (χ1) is 9.00. The van der Waals surface area contributed by atoms with Crippen molar-refractivity contribution >= 4 is 11.8 Å². The number of nitrogens with one attached hydrogen (secondary N) is 1. The minimum Gasteiger partial charge on any atom is -0.339 e. The highest BCUT2D eigenvalue weighted by molar-refractivity contribution is 5.81. The minimum absolute atomic E-state index is 0.0429. The van der Waals surface area contributed by atoms with Crippen molar-refractivity contribution in [1.82, 2.24) is 15.1 Å². The molecule has 2 aliphatic heterocycles. The highest BCUT2D eigenvalue weighted by atomic mass is 16.2. The van der Waals surface area contributed by atoms with E-state index in [0.717, 1.165) is 13.1 Å². The second kappa shape index (κ2) is 5.90. The van der Waals surface area contributed by atoms with Gasteiger partial charge in [-0.2, -0.15) is 0 Å². The van der Waals surface area contributed by atoms with Crippen LogP contribution in [0.4, 0.5) is 0 Å². The Bertz CT molecular complexity index is 349. The molecule has 2 amide bonds. The van der Waals surface area contributed by atoms with Gasteiger partial charge in [0.15, 0.2) is 0 Å². The fourth-order valence-electron chi connectivity index (χ4n) is 2.89. The Hall–Kier alpha value is -1.10. The van der Waals surface area contributed by atoms with Crippen LogP contribution in [-0.2, 0) is 9.59 Å². The molecule has 2 atom stereocenters. The van der Waals surface area contributed by atoms with E-state index in [9.17, 15) is 9.59 Å². The van der Waals surface area contributed by atoms with Gasteiger partial charge in [-0.1, -0.05) is 20.8 Å². The summed E-state index contributed by atoms with van der Waals surface area (Å²) in [4.78, 5) is 28.1. The maximum absolute atomic E-state index is 12.4. The maximum atomic E-state index is 12.4. The van der Waals surface area contributed by atoms with Crippen LogP contribution in [-0.4, -0.2) is 60.9 Å². The van der Waals surface area contributed by atoms with E-state index < -0.39 is 0 Å². The lowest BCUT2D eigenvalue weighted by molar-refractivity contribution is -0.143. The summed E-state index contributed by atoms with van der Waals surface area (Å²) in [5.41, 5.74) is 0. The number of hydrogen-bond acceptors (Lipinski definition) is 3. The number of carbonyl (C=O) groups is 2. The Morgan fingerprint density at radius 3 is 2.11 bits per heavy atom. The number of carbonyl (C=O) groups excluding carboxylic acids is 2. The molecule has 2 saturated heterocycles. The van der Waals surface area contributed by atoms with Gasteiger partial charge in [0.1, 0.15) is 0 Å². The van der Waals surface area contributed by atoms with Crippen LogP contribution in [0.3, 0.4) is 0 Å². The zero-order valence-corrected chi connectivity index (χ0v) is 12.2. The number of hydrogen-bond donors (Lipinski definition) is 1. The van der Waals surface area contributed by atoms with Gasteiger partial charge in [0, 0.05) is 38.6 Å². The van der Waals surface area contributed by atoms with Crippen LogP contribution in [0.1, 0.15) is 20.8 Å². The Morgan fingerprint density at radius 2 is 1.63 bits per heavy atom. The summed E-state index contributed by atoms with van der Waals surface area (Å²) >= 11 is 0. The van der Waals surface area contributed by atoms with Crippen molar-refractivity contribution in [2.45, 2.75) is 20.8 Å². The molecule has 0 saturated carbocycles. The van der Waals surface area contributed by atoms with Gasteiger partial charge in [0.25, 0.3) is 0 Å². The normalized spacial score (nSPS) is 28.0. The summed E-state index contributed by atoms with van der Waals surface area (Å²) in [6.45, 7) is 10.4. The third-order valence-corrected chi connectivity index (χ3v) is 4.23. The second-order valence-corrected chi connectivity index (χ2v) is 6.05. The first-order valence-electron chi connectivity index (χ1n) is 7.29. The van der Waals surface area contributed by atoms with E-state index in [4.69, 9.17) is 0 Å². The molecule has 2 aliphatic rings. The Morgan fingerprint density at radius 1 is 1.05 bits per heavy atom. The largest absolute Gasteiger partial charge is 0.339 e. The molecule has 1 N–H and O–H groups in total. The fourth-order valence-corrected chi connectivity index (χ4v) is 2.89. The van der Waals surface area contributed by atoms with Crippen molar-refractivity contribution in [2.75, 3.05) is 39.3 Å². The van der Waals surface area contributed by atoms with Gasteiger partial charge in [-0.15, -0.1) is 0 Å². The fraction of sp³-hybridized carbons (Fsp3) is 0.857. The van der Waals surface area contributed by atoms with Crippen molar-refractivity contribution in [1.29, 1.82) is 0 Å². The average molecular weight is 267 g/mol. The van der Waals surface area contributed by atoms with Crippen LogP contribution in [0.5, 0.6) is 0 Å². The lowest BCUT2D eigenvalue weighted by atomic mass is 9.96. The summed E-state index contributed by atoms with van der Waals surface area (Å²) in [5.74, 6) is 1.04. The zero-order valence-electron chi connectivity index (χ0n) is 12.2. The Balaban J connectivity index is 1.86. The molecule has 2 fully saturated rings. The van der Waals surface area contributed by atoms with E-state index in [1.165, 1.54) is 0 Å². The number of piperazine rings is 1. The summed E-state index contributed by atoms with van der Waals surface area (Å²) in [6, 6.07) is 0. The van der Waals surface area contributed by atoms with Gasteiger partial charge in [-0.25, -0.2) is 0 Å². The van der Waals surface area contributed by atoms with Crippen molar-refractivity contribution in [3.05, 3.63) is 0 Å². The molecule has 0 aromatic rings. The van der Waals surface area contributed by atoms with E-state index in [2.05, 4.69) is 12.2 Å². The molecule has 0 bridgehead atoms. The van der Waals surface area contributed by atoms with Crippen LogP contribution in [0.15, 0.2) is 0 Å². The molecule has 108 valence electrons. The predicted octanol–water partition coefficient (Wildman–Crippen LogP) is 0.169. The third-order valence-electron chi connectivity index (χ3n) is 4.23. The molecule has 0 radical (unpaired) electrons. The predicted molar refractivity (Wildman–Crippen MR) is 73.5 cm³/mol. The van der Waals surface area contributed by atoms with E-state index >= 15 is 0 Å². The molecule has 0 spiro atoms. The van der Waals surface area contributed by atoms with Crippen LogP contribution >= 0.6 is 0 Å². The Labute approximate surface area is 115 Å². The number of rotatable bonds is 2. The molecule has 0 aromatic carbocycles. The second-order valence-electron chi connectivity index (χ2n) is 6.05. The van der Waals surface area contributed by atoms with Crippen molar-refractivity contribution < 1.29 is 9.59 Å². The van der Waals surface area contributed by atoms with Crippen molar-refractivity contribution in [2.24, 2.45) is 17.8 Å². The minimum atomic E-state index is 0.0429. The smallest absolute Gasteiger partial charge is 0.227 e. The molecule has 5 nitrogen and oxygen atoms in total. The summed E-state index contributed by atoms with van der Waals surface area (Å²) in [5, 5.41) is 3.27. The molecule has 0 aromatic heterocycles. The molecule has 19 heavy (non-hydrogen) atoms. The van der Waals surface area contributed by atoms with Crippen molar-refractivity contribution in [3.8, 4) is 0 Å². The lowest BCUT2D eigenvalue weighted by Crippen LogP contribution is -2.53.